The zero-order valence-electron chi connectivity index (χ0n) is 10.0. The van der Waals surface area contributed by atoms with Crippen molar-refractivity contribution in [3.8, 4) is 0 Å². The number of hydrogen-bond acceptors (Lipinski definition) is 2. The van der Waals surface area contributed by atoms with Crippen LogP contribution in [-0.2, 0) is 4.79 Å². The van der Waals surface area contributed by atoms with Crippen LogP contribution < -0.4 is 0 Å². The molecular weight excluding hydrogens is 244 g/mol. The molecule has 19 heavy (non-hydrogen) atoms. The van der Waals surface area contributed by atoms with Gasteiger partial charge in [0, 0.05) is 0 Å². The average Bonchev–Trinajstić information content (AvgIpc) is 2.37. The highest BCUT2D eigenvalue weighted by Gasteiger charge is 2.08. The Morgan fingerprint density at radius 2 is 1.68 bits per heavy atom. The molecular formula is C15H12O4. The largest absolute Gasteiger partial charge is 0.481 e. The second-order valence-electron chi connectivity index (χ2n) is 4.05. The Morgan fingerprint density at radius 3 is 2.37 bits per heavy atom. The molecule has 0 aliphatic rings. The minimum atomic E-state index is -0.975. The van der Waals surface area contributed by atoms with Crippen LogP contribution in [0.3, 0.4) is 0 Å². The lowest BCUT2D eigenvalue weighted by Gasteiger charge is -2.05. The van der Waals surface area contributed by atoms with Crippen LogP contribution in [0.1, 0.15) is 22.3 Å². The van der Waals surface area contributed by atoms with Crippen LogP contribution in [0, 0.1) is 0 Å². The van der Waals surface area contributed by atoms with Crippen LogP contribution in [0.5, 0.6) is 0 Å². The fraction of sp³-hybridized carbons (Fsp3) is 0.0667. The molecule has 0 heterocycles. The number of hydrogen-bond donors (Lipinski definition) is 2. The average molecular weight is 256 g/mol. The van der Waals surface area contributed by atoms with Gasteiger partial charge in [0.15, 0.2) is 0 Å². The predicted molar refractivity (Wildman–Crippen MR) is 72.2 cm³/mol. The maximum absolute atomic E-state index is 11.1. The number of benzene rings is 2. The molecule has 4 nitrogen and oxygen atoms in total. The lowest BCUT2D eigenvalue weighted by molar-refractivity contribution is -0.135. The second kappa shape index (κ2) is 5.35. The number of rotatable bonds is 4. The van der Waals surface area contributed by atoms with Gasteiger partial charge in [-0.05, 0) is 22.4 Å². The van der Waals surface area contributed by atoms with Gasteiger partial charge < -0.3 is 10.2 Å². The lowest BCUT2D eigenvalue weighted by atomic mass is 9.99. The fourth-order valence-corrected chi connectivity index (χ4v) is 1.95. The molecule has 0 amide bonds. The first-order valence-corrected chi connectivity index (χ1v) is 5.73. The topological polar surface area (TPSA) is 74.6 Å². The molecule has 2 aromatic carbocycles. The number of carboxylic acid groups (broad SMARTS) is 2. The standard InChI is InChI=1S/C15H12O4/c16-14(17)9-2-5-10-4-1-7-12-11(10)6-3-8-13(12)15(18)19/h1-8H,9H2,(H,16,17)(H,18,19). The van der Waals surface area contributed by atoms with Gasteiger partial charge in [-0.1, -0.05) is 42.5 Å². The van der Waals surface area contributed by atoms with Gasteiger partial charge in [-0.2, -0.15) is 0 Å². The van der Waals surface area contributed by atoms with Crippen molar-refractivity contribution in [3.05, 3.63) is 53.6 Å². The van der Waals surface area contributed by atoms with Gasteiger partial charge in [0.1, 0.15) is 0 Å². The normalized spacial score (nSPS) is 10.9. The Kier molecular flexibility index (Phi) is 3.61. The molecule has 0 spiro atoms. The van der Waals surface area contributed by atoms with E-state index in [9.17, 15) is 9.59 Å². The van der Waals surface area contributed by atoms with Crippen LogP contribution in [0.2, 0.25) is 0 Å². The van der Waals surface area contributed by atoms with Crippen molar-refractivity contribution >= 4 is 28.8 Å². The summed E-state index contributed by atoms with van der Waals surface area (Å²) in [6.45, 7) is 0. The summed E-state index contributed by atoms with van der Waals surface area (Å²) in [4.78, 5) is 21.6. The summed E-state index contributed by atoms with van der Waals surface area (Å²) < 4.78 is 0. The third-order valence-electron chi connectivity index (χ3n) is 2.78. The van der Waals surface area contributed by atoms with E-state index >= 15 is 0 Å². The molecule has 0 saturated heterocycles. The predicted octanol–water partition coefficient (Wildman–Crippen LogP) is 3.03. The third-order valence-corrected chi connectivity index (χ3v) is 2.78. The third kappa shape index (κ3) is 2.80. The summed E-state index contributed by atoms with van der Waals surface area (Å²) in [6, 6.07) is 10.4. The van der Waals surface area contributed by atoms with E-state index < -0.39 is 11.9 Å². The van der Waals surface area contributed by atoms with Gasteiger partial charge in [-0.25, -0.2) is 4.79 Å². The van der Waals surface area contributed by atoms with E-state index in [2.05, 4.69) is 0 Å². The highest BCUT2D eigenvalue weighted by Crippen LogP contribution is 2.23. The number of aromatic carboxylic acids is 1. The summed E-state index contributed by atoms with van der Waals surface area (Å²) in [6.07, 6.45) is 3.18. The molecule has 0 aliphatic heterocycles. The molecule has 0 radical (unpaired) electrons. The molecule has 2 aromatic rings. The van der Waals surface area contributed by atoms with Gasteiger partial charge in [-0.3, -0.25) is 4.79 Å². The first-order valence-electron chi connectivity index (χ1n) is 5.73. The van der Waals surface area contributed by atoms with Crippen molar-refractivity contribution in [2.45, 2.75) is 6.42 Å². The van der Waals surface area contributed by atoms with Gasteiger partial charge in [0.05, 0.1) is 12.0 Å². The van der Waals surface area contributed by atoms with E-state index in [1.807, 2.05) is 12.1 Å². The molecule has 96 valence electrons. The van der Waals surface area contributed by atoms with Gasteiger partial charge in [0.25, 0.3) is 0 Å². The molecule has 0 aromatic heterocycles. The second-order valence-corrected chi connectivity index (χ2v) is 4.05. The molecule has 0 aliphatic carbocycles. The first kappa shape index (κ1) is 12.8. The summed E-state index contributed by atoms with van der Waals surface area (Å²) in [7, 11) is 0. The van der Waals surface area contributed by atoms with E-state index in [-0.39, 0.29) is 12.0 Å². The van der Waals surface area contributed by atoms with Crippen molar-refractivity contribution in [2.24, 2.45) is 0 Å². The Morgan fingerprint density at radius 1 is 1.00 bits per heavy atom. The molecule has 0 saturated carbocycles. The molecule has 2 rings (SSSR count). The molecule has 0 atom stereocenters. The summed E-state index contributed by atoms with van der Waals surface area (Å²) >= 11 is 0. The van der Waals surface area contributed by atoms with E-state index in [1.165, 1.54) is 0 Å². The van der Waals surface area contributed by atoms with E-state index in [4.69, 9.17) is 10.2 Å². The van der Waals surface area contributed by atoms with Gasteiger partial charge in [0.2, 0.25) is 0 Å². The monoisotopic (exact) mass is 256 g/mol. The zero-order chi connectivity index (χ0) is 13.8. The minimum absolute atomic E-state index is 0.0605. The smallest absolute Gasteiger partial charge is 0.336 e. The Labute approximate surface area is 109 Å². The van der Waals surface area contributed by atoms with E-state index in [0.29, 0.717) is 5.39 Å². The number of carboxylic acids is 2. The summed E-state index contributed by atoms with van der Waals surface area (Å²) in [5, 5.41) is 19.2. The van der Waals surface area contributed by atoms with Crippen LogP contribution >= 0.6 is 0 Å². The van der Waals surface area contributed by atoms with Gasteiger partial charge >= 0.3 is 11.9 Å². The molecule has 4 heteroatoms. The Hall–Kier alpha value is -2.62. The van der Waals surface area contributed by atoms with E-state index in [0.717, 1.165) is 10.9 Å². The number of carbonyl (C=O) groups is 2. The van der Waals surface area contributed by atoms with Crippen LogP contribution in [0.25, 0.3) is 16.8 Å². The number of aliphatic carboxylic acids is 1. The fourth-order valence-electron chi connectivity index (χ4n) is 1.95. The van der Waals surface area contributed by atoms with Crippen molar-refractivity contribution in [1.29, 1.82) is 0 Å². The van der Waals surface area contributed by atoms with Crippen molar-refractivity contribution < 1.29 is 19.8 Å². The zero-order valence-corrected chi connectivity index (χ0v) is 10.0. The van der Waals surface area contributed by atoms with Crippen LogP contribution in [0.15, 0.2) is 42.5 Å². The Bertz CT molecular complexity index is 671. The SMILES string of the molecule is O=C(O)CC=Cc1cccc2c(C(=O)O)cccc12. The lowest BCUT2D eigenvalue weighted by Crippen LogP contribution is -1.97. The van der Waals surface area contributed by atoms with Crippen molar-refractivity contribution in [1.82, 2.24) is 0 Å². The maximum atomic E-state index is 11.1. The molecule has 2 N–H and O–H groups in total. The first-order chi connectivity index (χ1) is 9.09. The maximum Gasteiger partial charge on any atom is 0.336 e. The van der Waals surface area contributed by atoms with Crippen LogP contribution in [0.4, 0.5) is 0 Å². The van der Waals surface area contributed by atoms with Gasteiger partial charge in [-0.15, -0.1) is 0 Å². The Balaban J connectivity index is 2.52. The highest BCUT2D eigenvalue weighted by molar-refractivity contribution is 6.05. The quantitative estimate of drug-likeness (QED) is 0.881. The number of fused-ring (bicyclic) bond motifs is 1. The highest BCUT2D eigenvalue weighted by atomic mass is 16.4. The van der Waals surface area contributed by atoms with Crippen molar-refractivity contribution in [3.63, 3.8) is 0 Å². The molecule has 0 fully saturated rings. The molecule has 0 bridgehead atoms. The van der Waals surface area contributed by atoms with E-state index in [1.54, 1.807) is 36.4 Å². The molecule has 0 unspecified atom stereocenters. The summed E-state index contributed by atoms with van der Waals surface area (Å²) in [5.41, 5.74) is 1.05. The van der Waals surface area contributed by atoms with Crippen LogP contribution in [-0.4, -0.2) is 22.2 Å². The van der Waals surface area contributed by atoms with Crippen molar-refractivity contribution in [2.75, 3.05) is 0 Å². The summed E-state index contributed by atoms with van der Waals surface area (Å²) in [5.74, 6) is -1.88. The minimum Gasteiger partial charge on any atom is -0.481 e.